The third-order valence-corrected chi connectivity index (χ3v) is 5.90. The Morgan fingerprint density at radius 1 is 1.04 bits per heavy atom. The summed E-state index contributed by atoms with van der Waals surface area (Å²) < 4.78 is 7.96. The van der Waals surface area contributed by atoms with Gasteiger partial charge in [0.15, 0.2) is 5.82 Å². The van der Waals surface area contributed by atoms with Crippen molar-refractivity contribution in [3.63, 3.8) is 0 Å². The lowest BCUT2D eigenvalue weighted by molar-refractivity contribution is 0.0660. The minimum Gasteiger partial charge on any atom is -0.377 e. The molecule has 2 heterocycles. The quantitative estimate of drug-likeness (QED) is 0.716. The lowest BCUT2D eigenvalue weighted by atomic mass is 9.95. The van der Waals surface area contributed by atoms with Crippen molar-refractivity contribution in [2.24, 2.45) is 0 Å². The molecule has 1 saturated heterocycles. The van der Waals surface area contributed by atoms with Crippen molar-refractivity contribution in [1.82, 2.24) is 25.1 Å². The Kier molecular flexibility index (Phi) is 6.37. The van der Waals surface area contributed by atoms with Crippen LogP contribution < -0.4 is 0 Å². The van der Waals surface area contributed by atoms with Crippen molar-refractivity contribution in [1.29, 1.82) is 0 Å². The van der Waals surface area contributed by atoms with E-state index in [4.69, 9.17) is 16.3 Å². The Labute approximate surface area is 165 Å². The van der Waals surface area contributed by atoms with Gasteiger partial charge in [-0.15, -0.1) is 5.10 Å². The number of rotatable bonds is 7. The molecule has 6 nitrogen and oxygen atoms in total. The van der Waals surface area contributed by atoms with E-state index in [0.29, 0.717) is 12.1 Å². The molecule has 2 aromatic rings. The van der Waals surface area contributed by atoms with Gasteiger partial charge in [-0.05, 0) is 53.8 Å². The molecule has 2 aliphatic rings. The summed E-state index contributed by atoms with van der Waals surface area (Å²) >= 11 is 6.04. The zero-order valence-corrected chi connectivity index (χ0v) is 16.5. The lowest BCUT2D eigenvalue weighted by Crippen LogP contribution is -2.33. The molecule has 1 unspecified atom stereocenters. The first-order valence-electron chi connectivity index (χ1n) is 10.1. The van der Waals surface area contributed by atoms with Crippen LogP contribution in [-0.4, -0.2) is 44.4 Å². The maximum absolute atomic E-state index is 6.04. The number of hydrogen-bond acceptors (Lipinski definition) is 5. The fourth-order valence-electron chi connectivity index (χ4n) is 4.23. The zero-order valence-electron chi connectivity index (χ0n) is 15.8. The molecule has 0 radical (unpaired) electrons. The molecular weight excluding hydrogens is 362 g/mol. The molecule has 1 saturated carbocycles. The largest absolute Gasteiger partial charge is 0.377 e. The summed E-state index contributed by atoms with van der Waals surface area (Å²) in [6.07, 6.45) is 8.82. The molecule has 2 fully saturated rings. The van der Waals surface area contributed by atoms with E-state index in [0.717, 1.165) is 49.9 Å². The third kappa shape index (κ3) is 5.06. The Hall–Kier alpha value is -1.50. The molecule has 1 aliphatic heterocycles. The summed E-state index contributed by atoms with van der Waals surface area (Å²) in [5.74, 6) is 0.967. The minimum absolute atomic E-state index is 0.302. The predicted molar refractivity (Wildman–Crippen MR) is 104 cm³/mol. The van der Waals surface area contributed by atoms with E-state index >= 15 is 0 Å². The first-order chi connectivity index (χ1) is 13.3. The van der Waals surface area contributed by atoms with Gasteiger partial charge in [-0.3, -0.25) is 4.90 Å². The van der Waals surface area contributed by atoms with E-state index in [9.17, 15) is 0 Å². The van der Waals surface area contributed by atoms with Crippen molar-refractivity contribution in [2.45, 2.75) is 70.2 Å². The molecule has 1 aromatic carbocycles. The van der Waals surface area contributed by atoms with Crippen LogP contribution in [0.4, 0.5) is 0 Å². The van der Waals surface area contributed by atoms with Gasteiger partial charge in [0.05, 0.1) is 18.7 Å². The smallest absolute Gasteiger partial charge is 0.165 e. The van der Waals surface area contributed by atoms with Crippen molar-refractivity contribution in [2.75, 3.05) is 13.2 Å². The summed E-state index contributed by atoms with van der Waals surface area (Å²) in [6.45, 7) is 3.36. The second-order valence-corrected chi connectivity index (χ2v) is 8.20. The van der Waals surface area contributed by atoms with Crippen LogP contribution in [0, 0.1) is 0 Å². The molecule has 0 amide bonds. The topological polar surface area (TPSA) is 56.1 Å². The van der Waals surface area contributed by atoms with E-state index < -0.39 is 0 Å². The van der Waals surface area contributed by atoms with E-state index in [2.05, 4.69) is 37.2 Å². The second kappa shape index (κ2) is 9.13. The van der Waals surface area contributed by atoms with E-state index in [1.807, 2.05) is 12.1 Å². The zero-order chi connectivity index (χ0) is 18.5. The summed E-state index contributed by atoms with van der Waals surface area (Å²) in [7, 11) is 0. The van der Waals surface area contributed by atoms with Gasteiger partial charge >= 0.3 is 0 Å². The minimum atomic E-state index is 0.302. The predicted octanol–water partition coefficient (Wildman–Crippen LogP) is 4.01. The maximum Gasteiger partial charge on any atom is 0.165 e. The molecule has 1 aliphatic carbocycles. The highest BCUT2D eigenvalue weighted by molar-refractivity contribution is 6.30. The SMILES string of the molecule is Clc1ccc(CN(Cc2nnnn2C2CCCCC2)CC2CCCO2)cc1. The molecule has 0 N–H and O–H groups in total. The summed E-state index contributed by atoms with van der Waals surface area (Å²) in [5, 5.41) is 13.4. The third-order valence-electron chi connectivity index (χ3n) is 5.65. The van der Waals surface area contributed by atoms with Gasteiger partial charge in [0.1, 0.15) is 0 Å². The van der Waals surface area contributed by atoms with Gasteiger partial charge in [0.2, 0.25) is 0 Å². The van der Waals surface area contributed by atoms with Gasteiger partial charge in [-0.2, -0.15) is 0 Å². The van der Waals surface area contributed by atoms with Crippen LogP contribution in [-0.2, 0) is 17.8 Å². The van der Waals surface area contributed by atoms with Crippen LogP contribution in [0.25, 0.3) is 0 Å². The Balaban J connectivity index is 1.48. The standard InChI is InChI=1S/C20H28ClN5O/c21-17-10-8-16(9-11-17)13-25(14-19-7-4-12-27-19)15-20-22-23-24-26(20)18-5-2-1-3-6-18/h8-11,18-19H,1-7,12-15H2. The molecule has 27 heavy (non-hydrogen) atoms. The van der Waals surface area contributed by atoms with Gasteiger partial charge in [0, 0.05) is 24.7 Å². The molecule has 0 spiro atoms. The molecule has 7 heteroatoms. The summed E-state index contributed by atoms with van der Waals surface area (Å²) in [6, 6.07) is 8.54. The van der Waals surface area contributed by atoms with E-state index in [1.54, 1.807) is 0 Å². The van der Waals surface area contributed by atoms with Gasteiger partial charge in [0.25, 0.3) is 0 Å². The summed E-state index contributed by atoms with van der Waals surface area (Å²) in [5.41, 5.74) is 1.24. The first-order valence-corrected chi connectivity index (χ1v) is 10.5. The molecule has 146 valence electrons. The maximum atomic E-state index is 6.04. The van der Waals surface area contributed by atoms with Crippen LogP contribution in [0.15, 0.2) is 24.3 Å². The normalized spacial score (nSPS) is 21.2. The fraction of sp³-hybridized carbons (Fsp3) is 0.650. The lowest BCUT2D eigenvalue weighted by Gasteiger charge is -2.27. The highest BCUT2D eigenvalue weighted by atomic mass is 35.5. The molecule has 0 bridgehead atoms. The number of benzene rings is 1. The van der Waals surface area contributed by atoms with Gasteiger partial charge in [-0.25, -0.2) is 4.68 Å². The number of aromatic nitrogens is 4. The highest BCUT2D eigenvalue weighted by Crippen LogP contribution is 2.28. The molecular formula is C20H28ClN5O. The van der Waals surface area contributed by atoms with Crippen LogP contribution >= 0.6 is 11.6 Å². The highest BCUT2D eigenvalue weighted by Gasteiger charge is 2.24. The van der Waals surface area contributed by atoms with Gasteiger partial charge < -0.3 is 4.74 Å². The second-order valence-electron chi connectivity index (χ2n) is 7.76. The van der Waals surface area contributed by atoms with Gasteiger partial charge in [-0.1, -0.05) is 43.0 Å². The number of tetrazole rings is 1. The number of nitrogens with zero attached hydrogens (tertiary/aromatic N) is 5. The average Bonchev–Trinajstić information content (AvgIpc) is 3.36. The Bertz CT molecular complexity index is 707. The monoisotopic (exact) mass is 389 g/mol. The molecule has 1 atom stereocenters. The van der Waals surface area contributed by atoms with Crippen molar-refractivity contribution < 1.29 is 4.74 Å². The fourth-order valence-corrected chi connectivity index (χ4v) is 4.36. The van der Waals surface area contributed by atoms with E-state index in [-0.39, 0.29) is 0 Å². The Morgan fingerprint density at radius 2 is 1.85 bits per heavy atom. The summed E-state index contributed by atoms with van der Waals surface area (Å²) in [4.78, 5) is 2.41. The van der Waals surface area contributed by atoms with Crippen LogP contribution in [0.5, 0.6) is 0 Å². The van der Waals surface area contributed by atoms with Crippen molar-refractivity contribution >= 4 is 11.6 Å². The van der Waals surface area contributed by atoms with Crippen molar-refractivity contribution in [3.8, 4) is 0 Å². The van der Waals surface area contributed by atoms with Crippen LogP contribution in [0.1, 0.15) is 62.4 Å². The Morgan fingerprint density at radius 3 is 2.59 bits per heavy atom. The van der Waals surface area contributed by atoms with E-state index in [1.165, 1.54) is 37.7 Å². The average molecular weight is 390 g/mol. The first kappa shape index (κ1) is 18.8. The van der Waals surface area contributed by atoms with Crippen LogP contribution in [0.3, 0.4) is 0 Å². The van der Waals surface area contributed by atoms with Crippen molar-refractivity contribution in [3.05, 3.63) is 40.7 Å². The number of halogens is 1. The van der Waals surface area contributed by atoms with Crippen LogP contribution in [0.2, 0.25) is 5.02 Å². The molecule has 1 aromatic heterocycles. The number of hydrogen-bond donors (Lipinski definition) is 0. The molecule has 4 rings (SSSR count). The number of ether oxygens (including phenoxy) is 1.